The van der Waals surface area contributed by atoms with Gasteiger partial charge in [0.1, 0.15) is 11.4 Å². The Morgan fingerprint density at radius 1 is 1.29 bits per heavy atom. The lowest BCUT2D eigenvalue weighted by atomic mass is 10.2. The molecule has 0 fully saturated rings. The van der Waals surface area contributed by atoms with Gasteiger partial charge in [0.25, 0.3) is 0 Å². The summed E-state index contributed by atoms with van der Waals surface area (Å²) in [5, 5.41) is 5.46. The number of nitrogen functional groups attached to an aromatic ring is 1. The molecule has 0 aliphatic heterocycles. The van der Waals surface area contributed by atoms with E-state index < -0.39 is 0 Å². The Hall–Kier alpha value is -1.75. The number of hydrogen-bond acceptors (Lipinski definition) is 5. The predicted molar refractivity (Wildman–Crippen MR) is 90.1 cm³/mol. The Morgan fingerprint density at radius 3 is 2.71 bits per heavy atom. The second-order valence-corrected chi connectivity index (χ2v) is 6.88. The first kappa shape index (κ1) is 15.6. The number of aryl methyl sites for hydroxylation is 1. The third-order valence-electron chi connectivity index (χ3n) is 2.94. The molecular formula is C16H23N3OS. The van der Waals surface area contributed by atoms with Crippen molar-refractivity contribution in [3.63, 3.8) is 0 Å². The van der Waals surface area contributed by atoms with Gasteiger partial charge >= 0.3 is 0 Å². The van der Waals surface area contributed by atoms with Gasteiger partial charge < -0.3 is 15.8 Å². The Bertz CT molecular complexity index is 602. The fraction of sp³-hybridized carbons (Fsp3) is 0.438. The van der Waals surface area contributed by atoms with Crippen LogP contribution in [0.5, 0.6) is 5.88 Å². The van der Waals surface area contributed by atoms with Crippen LogP contribution in [0.1, 0.15) is 38.1 Å². The highest BCUT2D eigenvalue weighted by atomic mass is 32.1. The maximum Gasteiger partial charge on any atom is 0.239 e. The quantitative estimate of drug-likeness (QED) is 0.874. The van der Waals surface area contributed by atoms with E-state index in [9.17, 15) is 0 Å². The minimum absolute atomic E-state index is 0.317. The number of nitrogens with two attached hydrogens (primary N) is 1. The van der Waals surface area contributed by atoms with E-state index in [1.807, 2.05) is 32.9 Å². The fourth-order valence-corrected chi connectivity index (χ4v) is 2.85. The molecule has 0 amide bonds. The van der Waals surface area contributed by atoms with Crippen LogP contribution in [0.4, 0.5) is 11.5 Å². The van der Waals surface area contributed by atoms with Crippen LogP contribution in [-0.4, -0.2) is 10.6 Å². The van der Waals surface area contributed by atoms with Gasteiger partial charge in [-0.1, -0.05) is 6.92 Å². The van der Waals surface area contributed by atoms with Crippen molar-refractivity contribution in [1.29, 1.82) is 0 Å². The highest BCUT2D eigenvalue weighted by Crippen LogP contribution is 2.25. The molecule has 0 aliphatic carbocycles. The van der Waals surface area contributed by atoms with Gasteiger partial charge in [-0.25, -0.2) is 0 Å². The van der Waals surface area contributed by atoms with Gasteiger partial charge in [-0.2, -0.15) is 4.98 Å². The van der Waals surface area contributed by atoms with Crippen molar-refractivity contribution in [1.82, 2.24) is 4.98 Å². The molecule has 5 heteroatoms. The first-order valence-corrected chi connectivity index (χ1v) is 8.01. The summed E-state index contributed by atoms with van der Waals surface area (Å²) in [6, 6.07) is 5.88. The SMILES string of the molecule is CCc1ccsc1CNc1ccc(N)c(OC(C)(C)C)n1. The average molecular weight is 305 g/mol. The van der Waals surface area contributed by atoms with Crippen molar-refractivity contribution in [3.8, 4) is 5.88 Å². The van der Waals surface area contributed by atoms with Crippen LogP contribution in [0.2, 0.25) is 0 Å². The normalized spacial score (nSPS) is 11.4. The molecule has 21 heavy (non-hydrogen) atoms. The van der Waals surface area contributed by atoms with Crippen LogP contribution in [0.25, 0.3) is 0 Å². The fourth-order valence-electron chi connectivity index (χ4n) is 1.93. The van der Waals surface area contributed by atoms with Crippen molar-refractivity contribution in [2.24, 2.45) is 0 Å². The van der Waals surface area contributed by atoms with Gasteiger partial charge in [-0.05, 0) is 56.3 Å². The Kier molecular flexibility index (Phi) is 4.73. The van der Waals surface area contributed by atoms with Gasteiger partial charge in [0.15, 0.2) is 0 Å². The highest BCUT2D eigenvalue weighted by Gasteiger charge is 2.15. The third-order valence-corrected chi connectivity index (χ3v) is 3.90. The molecule has 2 heterocycles. The summed E-state index contributed by atoms with van der Waals surface area (Å²) in [5.74, 6) is 1.26. The van der Waals surface area contributed by atoms with Crippen LogP contribution >= 0.6 is 11.3 Å². The van der Waals surface area contributed by atoms with Gasteiger partial charge in [-0.3, -0.25) is 0 Å². The van der Waals surface area contributed by atoms with E-state index in [2.05, 4.69) is 28.7 Å². The molecule has 0 saturated carbocycles. The van der Waals surface area contributed by atoms with Crippen molar-refractivity contribution in [3.05, 3.63) is 34.0 Å². The average Bonchev–Trinajstić information content (AvgIpc) is 2.85. The van der Waals surface area contributed by atoms with E-state index in [0.29, 0.717) is 11.6 Å². The van der Waals surface area contributed by atoms with E-state index in [0.717, 1.165) is 18.8 Å². The first-order valence-electron chi connectivity index (χ1n) is 7.13. The second-order valence-electron chi connectivity index (χ2n) is 5.88. The number of hydrogen-bond donors (Lipinski definition) is 2. The maximum atomic E-state index is 5.92. The molecule has 0 saturated heterocycles. The zero-order valence-electron chi connectivity index (χ0n) is 13.1. The van der Waals surface area contributed by atoms with Crippen LogP contribution < -0.4 is 15.8 Å². The molecular weight excluding hydrogens is 282 g/mol. The number of pyridine rings is 1. The Morgan fingerprint density at radius 2 is 2.05 bits per heavy atom. The molecule has 114 valence electrons. The van der Waals surface area contributed by atoms with Gasteiger partial charge in [0, 0.05) is 4.88 Å². The molecule has 2 aromatic heterocycles. The van der Waals surface area contributed by atoms with Gasteiger partial charge in [0.05, 0.1) is 12.2 Å². The van der Waals surface area contributed by atoms with Crippen LogP contribution in [0.3, 0.4) is 0 Å². The van der Waals surface area contributed by atoms with Gasteiger partial charge in [0.2, 0.25) is 5.88 Å². The number of ether oxygens (including phenoxy) is 1. The summed E-state index contributed by atoms with van der Waals surface area (Å²) in [6.07, 6.45) is 1.05. The summed E-state index contributed by atoms with van der Waals surface area (Å²) in [4.78, 5) is 5.80. The summed E-state index contributed by atoms with van der Waals surface area (Å²) < 4.78 is 5.78. The smallest absolute Gasteiger partial charge is 0.239 e. The molecule has 2 aromatic rings. The number of anilines is 2. The largest absolute Gasteiger partial charge is 0.470 e. The lowest BCUT2D eigenvalue weighted by Gasteiger charge is -2.21. The molecule has 3 N–H and O–H groups in total. The zero-order valence-corrected chi connectivity index (χ0v) is 13.9. The molecule has 2 rings (SSSR count). The summed E-state index contributed by atoms with van der Waals surface area (Å²) in [5.41, 5.74) is 7.54. The summed E-state index contributed by atoms with van der Waals surface area (Å²) >= 11 is 1.76. The Labute approximate surface area is 130 Å². The molecule has 0 unspecified atom stereocenters. The van der Waals surface area contributed by atoms with E-state index in [1.54, 1.807) is 11.3 Å². The Balaban J connectivity index is 2.09. The van der Waals surface area contributed by atoms with Crippen molar-refractivity contribution < 1.29 is 4.74 Å². The summed E-state index contributed by atoms with van der Waals surface area (Å²) in [7, 11) is 0. The first-order chi connectivity index (χ1) is 9.89. The highest BCUT2D eigenvalue weighted by molar-refractivity contribution is 7.10. The minimum Gasteiger partial charge on any atom is -0.470 e. The zero-order chi connectivity index (χ0) is 15.5. The number of nitrogens with zero attached hydrogens (tertiary/aromatic N) is 1. The standard InChI is InChI=1S/C16H23N3OS/c1-5-11-8-9-21-13(11)10-18-14-7-6-12(17)15(19-14)20-16(2,3)4/h6-9H,5,10,17H2,1-4H3,(H,18,19). The van der Waals surface area contributed by atoms with Crippen LogP contribution in [-0.2, 0) is 13.0 Å². The topological polar surface area (TPSA) is 60.2 Å². The minimum atomic E-state index is -0.317. The van der Waals surface area contributed by atoms with Crippen molar-refractivity contribution >= 4 is 22.8 Å². The third kappa shape index (κ3) is 4.36. The molecule has 0 atom stereocenters. The molecule has 0 aromatic carbocycles. The van der Waals surface area contributed by atoms with E-state index in [1.165, 1.54) is 10.4 Å². The van der Waals surface area contributed by atoms with Crippen LogP contribution in [0.15, 0.2) is 23.6 Å². The van der Waals surface area contributed by atoms with E-state index in [-0.39, 0.29) is 5.60 Å². The lowest BCUT2D eigenvalue weighted by Crippen LogP contribution is -2.24. The van der Waals surface area contributed by atoms with E-state index >= 15 is 0 Å². The number of thiophene rings is 1. The molecule has 0 spiro atoms. The van der Waals surface area contributed by atoms with E-state index in [4.69, 9.17) is 10.5 Å². The van der Waals surface area contributed by atoms with Crippen molar-refractivity contribution in [2.45, 2.75) is 46.3 Å². The molecule has 0 aliphatic rings. The number of nitrogens with one attached hydrogen (secondary N) is 1. The van der Waals surface area contributed by atoms with Crippen molar-refractivity contribution in [2.75, 3.05) is 11.1 Å². The monoisotopic (exact) mass is 305 g/mol. The maximum absolute atomic E-state index is 5.92. The molecule has 4 nitrogen and oxygen atoms in total. The van der Waals surface area contributed by atoms with Gasteiger partial charge in [-0.15, -0.1) is 11.3 Å². The second kappa shape index (κ2) is 6.35. The number of rotatable bonds is 5. The van der Waals surface area contributed by atoms with Crippen LogP contribution in [0, 0.1) is 0 Å². The summed E-state index contributed by atoms with van der Waals surface area (Å²) in [6.45, 7) is 8.88. The lowest BCUT2D eigenvalue weighted by molar-refractivity contribution is 0.125. The molecule has 0 radical (unpaired) electrons. The molecule has 0 bridgehead atoms. The predicted octanol–water partition coefficient (Wildman–Crippen LogP) is 4.08. The number of aromatic nitrogens is 1.